The van der Waals surface area contributed by atoms with Crippen LogP contribution >= 0.6 is 15.9 Å². The van der Waals surface area contributed by atoms with Crippen LogP contribution < -0.4 is 0 Å². The highest BCUT2D eigenvalue weighted by molar-refractivity contribution is 9.10. The standard InChI is InChI=1S/C15H13BrF2O/c16-9-5-10(17)8(4-11(9)18)15(19)14-12-6-1-2-7(3-6)13(12)14/h4-7,12-14H,1-3H2. The lowest BCUT2D eigenvalue weighted by Gasteiger charge is -2.09. The molecule has 0 radical (unpaired) electrons. The van der Waals surface area contributed by atoms with Gasteiger partial charge in [-0.05, 0) is 71.0 Å². The Morgan fingerprint density at radius 3 is 2.37 bits per heavy atom. The molecule has 4 atom stereocenters. The van der Waals surface area contributed by atoms with Gasteiger partial charge in [-0.25, -0.2) is 8.78 Å². The third-order valence-corrected chi connectivity index (χ3v) is 5.92. The molecule has 0 aromatic heterocycles. The Bertz CT molecular complexity index is 570. The van der Waals surface area contributed by atoms with Crippen LogP contribution in [-0.2, 0) is 0 Å². The monoisotopic (exact) mass is 326 g/mol. The summed E-state index contributed by atoms with van der Waals surface area (Å²) in [5, 5.41) is 0. The molecule has 100 valence electrons. The fourth-order valence-electron chi connectivity index (χ4n) is 4.57. The lowest BCUT2D eigenvalue weighted by Crippen LogP contribution is -2.12. The molecule has 1 nitrogen and oxygen atoms in total. The van der Waals surface area contributed by atoms with Gasteiger partial charge >= 0.3 is 0 Å². The second-order valence-electron chi connectivity index (χ2n) is 6.12. The molecular formula is C15H13BrF2O. The van der Waals surface area contributed by atoms with E-state index < -0.39 is 11.6 Å². The van der Waals surface area contributed by atoms with Crippen molar-refractivity contribution >= 4 is 21.7 Å². The van der Waals surface area contributed by atoms with Crippen molar-refractivity contribution in [1.29, 1.82) is 0 Å². The number of ketones is 1. The number of carbonyl (C=O) groups excluding carboxylic acids is 1. The maximum atomic E-state index is 13.8. The van der Waals surface area contributed by atoms with Gasteiger partial charge in [0.05, 0.1) is 10.0 Å². The number of benzene rings is 1. The van der Waals surface area contributed by atoms with E-state index in [1.54, 1.807) is 0 Å². The van der Waals surface area contributed by atoms with Gasteiger partial charge in [-0.15, -0.1) is 0 Å². The van der Waals surface area contributed by atoms with Crippen molar-refractivity contribution in [2.24, 2.45) is 29.6 Å². The minimum atomic E-state index is -0.615. The van der Waals surface area contributed by atoms with Crippen molar-refractivity contribution in [1.82, 2.24) is 0 Å². The van der Waals surface area contributed by atoms with Gasteiger partial charge in [0.2, 0.25) is 0 Å². The number of fused-ring (bicyclic) bond motifs is 5. The van der Waals surface area contributed by atoms with Gasteiger partial charge in [0.15, 0.2) is 5.78 Å². The zero-order valence-electron chi connectivity index (χ0n) is 10.2. The maximum Gasteiger partial charge on any atom is 0.169 e. The van der Waals surface area contributed by atoms with Crippen LogP contribution in [0.2, 0.25) is 0 Å². The topological polar surface area (TPSA) is 17.1 Å². The molecule has 0 N–H and O–H groups in total. The fourth-order valence-corrected chi connectivity index (χ4v) is 4.88. The van der Waals surface area contributed by atoms with Crippen molar-refractivity contribution < 1.29 is 13.6 Å². The van der Waals surface area contributed by atoms with Gasteiger partial charge in [0.1, 0.15) is 11.6 Å². The van der Waals surface area contributed by atoms with E-state index in [2.05, 4.69) is 15.9 Å². The molecule has 4 unspecified atom stereocenters. The fraction of sp³-hybridized carbons (Fsp3) is 0.533. The highest BCUT2D eigenvalue weighted by Crippen LogP contribution is 2.70. The van der Waals surface area contributed by atoms with Gasteiger partial charge < -0.3 is 0 Å². The molecule has 2 bridgehead atoms. The first-order chi connectivity index (χ1) is 9.08. The lowest BCUT2D eigenvalue weighted by atomic mass is 9.96. The zero-order chi connectivity index (χ0) is 13.3. The van der Waals surface area contributed by atoms with Crippen molar-refractivity contribution in [3.63, 3.8) is 0 Å². The summed E-state index contributed by atoms with van der Waals surface area (Å²) in [6.45, 7) is 0. The van der Waals surface area contributed by atoms with Crippen LogP contribution in [0.3, 0.4) is 0 Å². The summed E-state index contributed by atoms with van der Waals surface area (Å²) in [6.07, 6.45) is 3.68. The molecule has 3 saturated carbocycles. The minimum absolute atomic E-state index is 0.0404. The molecule has 4 heteroatoms. The third-order valence-electron chi connectivity index (χ3n) is 5.31. The van der Waals surface area contributed by atoms with E-state index in [0.29, 0.717) is 23.7 Å². The predicted molar refractivity (Wildman–Crippen MR) is 69.7 cm³/mol. The molecule has 1 aromatic carbocycles. The van der Waals surface area contributed by atoms with Crippen LogP contribution in [0.4, 0.5) is 8.78 Å². The third kappa shape index (κ3) is 1.58. The van der Waals surface area contributed by atoms with E-state index in [4.69, 9.17) is 0 Å². The molecule has 0 saturated heterocycles. The molecule has 0 aliphatic heterocycles. The lowest BCUT2D eigenvalue weighted by molar-refractivity contribution is 0.0940. The van der Waals surface area contributed by atoms with Crippen LogP contribution in [0.15, 0.2) is 16.6 Å². The average Bonchev–Trinajstić information content (AvgIpc) is 2.81. The van der Waals surface area contributed by atoms with Gasteiger partial charge in [0.25, 0.3) is 0 Å². The summed E-state index contributed by atoms with van der Waals surface area (Å²) in [6, 6.07) is 2.09. The van der Waals surface area contributed by atoms with Crippen molar-refractivity contribution in [2.45, 2.75) is 19.3 Å². The summed E-state index contributed by atoms with van der Waals surface area (Å²) in [5.74, 6) is 0.820. The molecule has 0 heterocycles. The Kier molecular flexibility index (Phi) is 2.45. The minimum Gasteiger partial charge on any atom is -0.294 e. The Labute approximate surface area is 118 Å². The first kappa shape index (κ1) is 12.0. The smallest absolute Gasteiger partial charge is 0.169 e. The van der Waals surface area contributed by atoms with E-state index >= 15 is 0 Å². The van der Waals surface area contributed by atoms with Crippen LogP contribution in [0.5, 0.6) is 0 Å². The van der Waals surface area contributed by atoms with Gasteiger partial charge in [-0.3, -0.25) is 4.79 Å². The number of halogens is 3. The molecule has 19 heavy (non-hydrogen) atoms. The summed E-state index contributed by atoms with van der Waals surface area (Å²) in [4.78, 5) is 12.4. The van der Waals surface area contributed by atoms with Crippen molar-refractivity contribution in [3.8, 4) is 0 Å². The molecule has 0 spiro atoms. The number of hydrogen-bond acceptors (Lipinski definition) is 1. The Balaban J connectivity index is 1.64. The van der Waals surface area contributed by atoms with Crippen LogP contribution in [0.1, 0.15) is 29.6 Å². The number of Topliss-reactive ketones (excluding diaryl/α,β-unsaturated/α-hetero) is 1. The number of rotatable bonds is 2. The molecule has 1 aromatic rings. The van der Waals surface area contributed by atoms with E-state index in [-0.39, 0.29) is 21.7 Å². The largest absolute Gasteiger partial charge is 0.294 e. The van der Waals surface area contributed by atoms with Gasteiger partial charge in [-0.2, -0.15) is 0 Å². The predicted octanol–water partition coefficient (Wildman–Crippen LogP) is 4.20. The van der Waals surface area contributed by atoms with E-state index in [1.807, 2.05) is 0 Å². The first-order valence-electron chi connectivity index (χ1n) is 6.76. The van der Waals surface area contributed by atoms with Crippen molar-refractivity contribution in [3.05, 3.63) is 33.8 Å². The second-order valence-corrected chi connectivity index (χ2v) is 6.98. The zero-order valence-corrected chi connectivity index (χ0v) is 11.8. The molecule has 4 rings (SSSR count). The average molecular weight is 327 g/mol. The Morgan fingerprint density at radius 2 is 1.74 bits per heavy atom. The van der Waals surface area contributed by atoms with E-state index in [0.717, 1.165) is 12.1 Å². The normalized spacial score (nSPS) is 38.4. The van der Waals surface area contributed by atoms with Crippen LogP contribution in [-0.4, -0.2) is 5.78 Å². The molecule has 3 aliphatic rings. The van der Waals surface area contributed by atoms with Crippen molar-refractivity contribution in [2.75, 3.05) is 0 Å². The molecule has 3 fully saturated rings. The highest BCUT2D eigenvalue weighted by atomic mass is 79.9. The van der Waals surface area contributed by atoms with E-state index in [9.17, 15) is 13.6 Å². The van der Waals surface area contributed by atoms with Gasteiger partial charge in [0, 0.05) is 5.92 Å². The van der Waals surface area contributed by atoms with Crippen LogP contribution in [0.25, 0.3) is 0 Å². The number of carbonyl (C=O) groups is 1. The molecular weight excluding hydrogens is 314 g/mol. The SMILES string of the molecule is O=C(c1cc(F)c(Br)cc1F)C1C2C3CCC(C3)C12. The quantitative estimate of drug-likeness (QED) is 0.588. The Morgan fingerprint density at radius 1 is 1.11 bits per heavy atom. The number of hydrogen-bond donors (Lipinski definition) is 0. The summed E-state index contributed by atoms with van der Waals surface area (Å²) >= 11 is 2.93. The van der Waals surface area contributed by atoms with Gasteiger partial charge in [-0.1, -0.05) is 0 Å². The Hall–Kier alpha value is -0.770. The summed E-state index contributed by atoms with van der Waals surface area (Å²) in [7, 11) is 0. The summed E-state index contributed by atoms with van der Waals surface area (Å²) in [5.41, 5.74) is -0.0699. The molecule has 0 amide bonds. The first-order valence-corrected chi connectivity index (χ1v) is 7.56. The highest BCUT2D eigenvalue weighted by Gasteiger charge is 2.67. The summed E-state index contributed by atoms with van der Waals surface area (Å²) < 4.78 is 27.4. The van der Waals surface area contributed by atoms with E-state index in [1.165, 1.54) is 19.3 Å². The van der Waals surface area contributed by atoms with Crippen LogP contribution in [0, 0.1) is 41.2 Å². The molecule has 3 aliphatic carbocycles. The second kappa shape index (κ2) is 3.87. The maximum absolute atomic E-state index is 13.8.